The monoisotopic (exact) mass is 511 g/mol. The number of methoxy groups -OCH3 is 1. The van der Waals surface area contributed by atoms with Gasteiger partial charge in [0.25, 0.3) is 5.91 Å². The van der Waals surface area contributed by atoms with Crippen LogP contribution >= 0.6 is 0 Å². The maximum atomic E-state index is 15.1. The predicted octanol–water partition coefficient (Wildman–Crippen LogP) is 5.23. The molecule has 0 N–H and O–H groups in total. The molecule has 36 heavy (non-hydrogen) atoms. The Morgan fingerprint density at radius 3 is 2.36 bits per heavy atom. The van der Waals surface area contributed by atoms with E-state index in [9.17, 15) is 22.8 Å². The summed E-state index contributed by atoms with van der Waals surface area (Å²) in [5.74, 6) is -7.10. The van der Waals surface area contributed by atoms with Crippen molar-refractivity contribution in [2.24, 2.45) is 11.0 Å². The number of anilines is 1. The number of esters is 1. The first-order valence-electron chi connectivity index (χ1n) is 11.3. The lowest BCUT2D eigenvalue weighted by molar-refractivity contribution is -0.162. The number of hydrogen-bond acceptors (Lipinski definition) is 5. The Kier molecular flexibility index (Phi) is 8.00. The van der Waals surface area contributed by atoms with Crippen molar-refractivity contribution in [3.8, 4) is 0 Å². The molecule has 0 saturated heterocycles. The highest BCUT2D eigenvalue weighted by molar-refractivity contribution is 6.11. The SMILES string of the molecule is CCCCC1C(c2c(C)cc(F)cc2F)=NN(c2ccc(F)cc2F)C1(C)C(=O)N(F)CC(=O)OC. The van der Waals surface area contributed by atoms with Gasteiger partial charge in [0.15, 0.2) is 12.4 Å². The minimum Gasteiger partial charge on any atom is -0.468 e. The van der Waals surface area contributed by atoms with E-state index in [0.29, 0.717) is 25.0 Å². The molecule has 0 saturated carbocycles. The van der Waals surface area contributed by atoms with Gasteiger partial charge in [-0.2, -0.15) is 10.2 Å². The van der Waals surface area contributed by atoms with Gasteiger partial charge in [0.2, 0.25) is 0 Å². The van der Waals surface area contributed by atoms with Crippen LogP contribution in [0, 0.1) is 36.1 Å². The van der Waals surface area contributed by atoms with Crippen LogP contribution in [0.3, 0.4) is 0 Å². The lowest BCUT2D eigenvalue weighted by atomic mass is 9.76. The van der Waals surface area contributed by atoms with E-state index in [1.165, 1.54) is 13.8 Å². The zero-order valence-corrected chi connectivity index (χ0v) is 20.2. The molecule has 0 radical (unpaired) electrons. The number of amides is 1. The summed E-state index contributed by atoms with van der Waals surface area (Å²) in [6, 6.07) is 4.26. The molecular weight excluding hydrogens is 485 g/mol. The summed E-state index contributed by atoms with van der Waals surface area (Å²) in [6.45, 7) is 3.55. The van der Waals surface area contributed by atoms with Crippen LogP contribution in [0.4, 0.5) is 27.7 Å². The molecule has 2 unspecified atom stereocenters. The summed E-state index contributed by atoms with van der Waals surface area (Å²) in [5.41, 5.74) is -2.34. The first kappa shape index (κ1) is 27.1. The van der Waals surface area contributed by atoms with Crippen molar-refractivity contribution >= 4 is 23.3 Å². The molecule has 194 valence electrons. The predicted molar refractivity (Wildman–Crippen MR) is 123 cm³/mol. The lowest BCUT2D eigenvalue weighted by Gasteiger charge is -2.38. The maximum absolute atomic E-state index is 15.1. The summed E-state index contributed by atoms with van der Waals surface area (Å²) in [6.07, 6.45) is 1.34. The van der Waals surface area contributed by atoms with Crippen molar-refractivity contribution in [1.29, 1.82) is 0 Å². The average molecular weight is 511 g/mol. The smallest absolute Gasteiger partial charge is 0.328 e. The molecule has 0 fully saturated rings. The van der Waals surface area contributed by atoms with Gasteiger partial charge < -0.3 is 4.74 Å². The normalized spacial score (nSPS) is 19.3. The van der Waals surface area contributed by atoms with Crippen molar-refractivity contribution in [3.63, 3.8) is 0 Å². The van der Waals surface area contributed by atoms with Gasteiger partial charge in [0.1, 0.15) is 23.0 Å². The summed E-state index contributed by atoms with van der Waals surface area (Å²) in [5, 5.41) is 4.87. The minimum atomic E-state index is -2.00. The van der Waals surface area contributed by atoms with Crippen LogP contribution in [-0.4, -0.2) is 41.9 Å². The number of aryl methyl sites for hydroxylation is 1. The molecule has 1 amide bonds. The summed E-state index contributed by atoms with van der Waals surface area (Å²) in [7, 11) is 1.02. The average Bonchev–Trinajstić information content (AvgIpc) is 3.08. The van der Waals surface area contributed by atoms with Gasteiger partial charge in [-0.15, -0.1) is 0 Å². The third-order valence-corrected chi connectivity index (χ3v) is 6.30. The number of nitrogens with zero attached hydrogens (tertiary/aromatic N) is 3. The number of halogens is 5. The van der Waals surface area contributed by atoms with Crippen LogP contribution in [-0.2, 0) is 14.3 Å². The Bertz CT molecular complexity index is 1180. The molecular formula is C25H26F5N3O3. The zero-order valence-electron chi connectivity index (χ0n) is 20.2. The quantitative estimate of drug-likeness (QED) is 0.277. The Labute approximate surface area is 205 Å². The summed E-state index contributed by atoms with van der Waals surface area (Å²) in [4.78, 5) is 25.2. The van der Waals surface area contributed by atoms with Gasteiger partial charge in [-0.1, -0.05) is 24.2 Å². The number of hydrazone groups is 1. The molecule has 2 aromatic carbocycles. The third-order valence-electron chi connectivity index (χ3n) is 6.30. The zero-order chi connectivity index (χ0) is 26.8. The fourth-order valence-corrected chi connectivity index (χ4v) is 4.46. The van der Waals surface area contributed by atoms with Crippen LogP contribution in [0.15, 0.2) is 35.4 Å². The molecule has 2 atom stereocenters. The molecule has 2 aromatic rings. The fourth-order valence-electron chi connectivity index (χ4n) is 4.46. The number of ether oxygens (including phenoxy) is 1. The number of carbonyl (C=O) groups excluding carboxylic acids is 2. The van der Waals surface area contributed by atoms with Crippen LogP contribution in [0.1, 0.15) is 44.2 Å². The van der Waals surface area contributed by atoms with E-state index in [1.54, 1.807) is 0 Å². The van der Waals surface area contributed by atoms with Crippen molar-refractivity contribution in [3.05, 3.63) is 64.7 Å². The largest absolute Gasteiger partial charge is 0.468 e. The first-order chi connectivity index (χ1) is 16.9. The molecule has 0 aromatic heterocycles. The highest BCUT2D eigenvalue weighted by atomic mass is 19.2. The van der Waals surface area contributed by atoms with Crippen LogP contribution < -0.4 is 5.01 Å². The van der Waals surface area contributed by atoms with E-state index >= 15 is 8.87 Å². The van der Waals surface area contributed by atoms with Crippen LogP contribution in [0.25, 0.3) is 0 Å². The second-order valence-corrected chi connectivity index (χ2v) is 8.72. The van der Waals surface area contributed by atoms with Crippen LogP contribution in [0.2, 0.25) is 0 Å². The Hall–Kier alpha value is -3.50. The van der Waals surface area contributed by atoms with Gasteiger partial charge in [0, 0.05) is 23.6 Å². The van der Waals surface area contributed by atoms with E-state index < -0.39 is 53.1 Å². The van der Waals surface area contributed by atoms with E-state index in [1.807, 2.05) is 6.92 Å². The van der Waals surface area contributed by atoms with Crippen molar-refractivity contribution < 1.29 is 36.4 Å². The van der Waals surface area contributed by atoms with Gasteiger partial charge >= 0.3 is 5.97 Å². The van der Waals surface area contributed by atoms with Gasteiger partial charge in [-0.05, 0) is 44.0 Å². The molecule has 1 heterocycles. The molecule has 1 aliphatic rings. The second kappa shape index (κ2) is 10.6. The topological polar surface area (TPSA) is 62.2 Å². The van der Waals surface area contributed by atoms with Crippen molar-refractivity contribution in [2.45, 2.75) is 45.6 Å². The molecule has 6 nitrogen and oxygen atoms in total. The standard InChI is InChI=1S/C25H26F5N3O3/c1-5-6-7-17-23(22-14(2)10-16(27)12-19(22)29)31-33(20-9-8-15(26)11-18(20)28)25(17,3)24(35)32(30)13-21(34)36-4/h8-12,17H,5-7,13H2,1-4H3. The number of hydrogen-bond donors (Lipinski definition) is 0. The van der Waals surface area contributed by atoms with E-state index in [4.69, 9.17) is 0 Å². The lowest BCUT2D eigenvalue weighted by Crippen LogP contribution is -2.58. The van der Waals surface area contributed by atoms with E-state index in [0.717, 1.165) is 30.3 Å². The molecule has 0 aliphatic carbocycles. The first-order valence-corrected chi connectivity index (χ1v) is 11.3. The van der Waals surface area contributed by atoms with Crippen molar-refractivity contribution in [2.75, 3.05) is 18.7 Å². The van der Waals surface area contributed by atoms with E-state index in [-0.39, 0.29) is 34.1 Å². The second-order valence-electron chi connectivity index (χ2n) is 8.72. The van der Waals surface area contributed by atoms with Gasteiger partial charge in [0.05, 0.1) is 18.5 Å². The van der Waals surface area contributed by atoms with Gasteiger partial charge in [-0.25, -0.2) is 22.6 Å². The number of benzene rings is 2. The maximum Gasteiger partial charge on any atom is 0.328 e. The van der Waals surface area contributed by atoms with E-state index in [2.05, 4.69) is 9.84 Å². The summed E-state index contributed by atoms with van der Waals surface area (Å²) < 4.78 is 77.0. The minimum absolute atomic E-state index is 0.0236. The highest BCUT2D eigenvalue weighted by Gasteiger charge is 2.56. The van der Waals surface area contributed by atoms with Crippen LogP contribution in [0.5, 0.6) is 0 Å². The highest BCUT2D eigenvalue weighted by Crippen LogP contribution is 2.44. The molecule has 11 heteroatoms. The number of rotatable bonds is 8. The number of unbranched alkanes of at least 4 members (excludes halogenated alkanes) is 1. The number of carbonyl (C=O) groups is 2. The Morgan fingerprint density at radius 1 is 1.11 bits per heavy atom. The van der Waals surface area contributed by atoms with Crippen molar-refractivity contribution in [1.82, 2.24) is 5.12 Å². The molecule has 0 bridgehead atoms. The summed E-state index contributed by atoms with van der Waals surface area (Å²) >= 11 is 0. The molecule has 0 spiro atoms. The van der Waals surface area contributed by atoms with Gasteiger partial charge in [-0.3, -0.25) is 9.59 Å². The fraction of sp³-hybridized carbons (Fsp3) is 0.400. The molecule has 3 rings (SSSR count). The third kappa shape index (κ3) is 4.91. The Balaban J connectivity index is 2.27. The molecule has 1 aliphatic heterocycles. The Morgan fingerprint density at radius 2 is 1.78 bits per heavy atom.